The fourth-order valence-electron chi connectivity index (χ4n) is 9.55. The van der Waals surface area contributed by atoms with Gasteiger partial charge in [0.15, 0.2) is 0 Å². The van der Waals surface area contributed by atoms with Crippen LogP contribution < -0.4 is 42.8 Å². The van der Waals surface area contributed by atoms with Crippen LogP contribution in [-0.4, -0.2) is 153 Å². The highest BCUT2D eigenvalue weighted by atomic mass is 16.5. The minimum absolute atomic E-state index is 0.0174. The first-order valence-corrected chi connectivity index (χ1v) is 25.4. The molecule has 3 heterocycles. The number of aliphatic hydroxyl groups is 2. The van der Waals surface area contributed by atoms with Crippen molar-refractivity contribution in [2.24, 2.45) is 11.5 Å². The van der Waals surface area contributed by atoms with Gasteiger partial charge in [0.05, 0.1) is 18.8 Å². The number of aromatic hydroxyl groups is 1. The van der Waals surface area contributed by atoms with Gasteiger partial charge < -0.3 is 67.9 Å². The number of carbonyl (C=O) groups excluding carboxylic acids is 7. The predicted molar refractivity (Wildman–Crippen MR) is 268 cm³/mol. The summed E-state index contributed by atoms with van der Waals surface area (Å²) in [6.45, 7) is 5.14. The Balaban J connectivity index is 1.26. The maximum atomic E-state index is 14.4. The van der Waals surface area contributed by atoms with Gasteiger partial charge in [-0.15, -0.1) is 0 Å². The number of carbonyl (C=O) groups is 7. The maximum absolute atomic E-state index is 14.4. The number of amides is 7. The van der Waals surface area contributed by atoms with Crippen molar-refractivity contribution in [3.63, 3.8) is 0 Å². The first-order valence-electron chi connectivity index (χ1n) is 25.4. The van der Waals surface area contributed by atoms with Gasteiger partial charge in [-0.2, -0.15) is 0 Å². The summed E-state index contributed by atoms with van der Waals surface area (Å²) < 4.78 is 6.00. The number of ether oxygens (including phenoxy) is 1. The van der Waals surface area contributed by atoms with Crippen LogP contribution in [0.5, 0.6) is 11.5 Å². The Hall–Kier alpha value is -6.35. The van der Waals surface area contributed by atoms with Gasteiger partial charge in [-0.05, 0) is 112 Å². The van der Waals surface area contributed by atoms with E-state index < -0.39 is 102 Å². The van der Waals surface area contributed by atoms with Gasteiger partial charge >= 0.3 is 0 Å². The van der Waals surface area contributed by atoms with E-state index in [1.165, 1.54) is 56.6 Å². The Bertz CT molecular complexity index is 2380. The fraction of sp³-hybridized carbons (Fsp3) is 0.558. The number of rotatable bonds is 15. The molecule has 0 radical (unpaired) electrons. The number of nitrogens with one attached hydrogen (secondary N) is 5. The van der Waals surface area contributed by atoms with Crippen molar-refractivity contribution in [1.82, 2.24) is 36.4 Å². The molecule has 10 atom stereocenters. The molecule has 0 aliphatic carbocycles. The van der Waals surface area contributed by atoms with E-state index >= 15 is 0 Å². The van der Waals surface area contributed by atoms with E-state index in [1.807, 2.05) is 18.2 Å². The average molecular weight is 1000 g/mol. The van der Waals surface area contributed by atoms with Crippen molar-refractivity contribution in [3.8, 4) is 11.5 Å². The van der Waals surface area contributed by atoms with E-state index in [-0.39, 0.29) is 69.5 Å². The lowest BCUT2D eigenvalue weighted by molar-refractivity contribution is -0.145. The highest BCUT2D eigenvalue weighted by Crippen LogP contribution is 2.25. The lowest BCUT2D eigenvalue weighted by atomic mass is 10.0. The number of hydrogen-bond acceptors (Lipinski definition) is 13. The van der Waals surface area contributed by atoms with E-state index in [4.69, 9.17) is 16.2 Å². The standard InChI is InChI=1S/C52H73N9O11/c1-4-5-6-7-8-9-23-72-39-20-17-33-24-35(16-15-34(33)25-39)46(65)56-40-11-10-22-55-49(68)42-26-36(53)28-60(42)51(70)44(30(2)62)59-48(67)41(21-14-32-12-18-38(64)19-13-32)57-50(69)43-27-37(54)29-61(43)52(71)45(31(3)63)58-47(40)66/h12-13,15-20,24-25,30-31,36-37,40-45,62-64H,4-11,14,21-23,26-29,53-54H2,1-3H3,(H,55,68)(H,56,65)(H,57,69)(H,58,66)(H,59,67)/t30-,31+,36-,37-,40-,41-,42-,43-,44-,45-/m0/s1. The molecule has 0 unspecified atom stereocenters. The number of nitrogens with zero attached hydrogens (tertiary/aromatic N) is 2. The maximum Gasteiger partial charge on any atom is 0.251 e. The van der Waals surface area contributed by atoms with E-state index in [0.717, 1.165) is 28.5 Å². The van der Waals surface area contributed by atoms with Crippen molar-refractivity contribution in [2.75, 3.05) is 26.2 Å². The minimum Gasteiger partial charge on any atom is -0.508 e. The van der Waals surface area contributed by atoms with Crippen LogP contribution in [0.4, 0.5) is 0 Å². The van der Waals surface area contributed by atoms with Crippen molar-refractivity contribution in [3.05, 3.63) is 71.8 Å². The highest BCUT2D eigenvalue weighted by molar-refractivity contribution is 6.02. The van der Waals surface area contributed by atoms with Gasteiger partial charge in [0, 0.05) is 37.3 Å². The monoisotopic (exact) mass is 1000 g/mol. The Morgan fingerprint density at radius 2 is 1.32 bits per heavy atom. The quantitative estimate of drug-likeness (QED) is 0.0952. The van der Waals surface area contributed by atoms with Crippen LogP contribution in [-0.2, 0) is 35.2 Å². The molecule has 6 rings (SSSR count). The summed E-state index contributed by atoms with van der Waals surface area (Å²) in [5.74, 6) is -4.55. The van der Waals surface area contributed by atoms with Gasteiger partial charge in [-0.3, -0.25) is 33.6 Å². The molecular formula is C52H73N9O11. The lowest BCUT2D eigenvalue weighted by Gasteiger charge is -2.32. The molecule has 392 valence electrons. The van der Waals surface area contributed by atoms with Crippen molar-refractivity contribution in [2.45, 2.75) is 158 Å². The second-order valence-corrected chi connectivity index (χ2v) is 19.5. The molecule has 3 aromatic carbocycles. The van der Waals surface area contributed by atoms with Gasteiger partial charge in [-0.25, -0.2) is 0 Å². The molecule has 20 nitrogen and oxygen atoms in total. The first-order chi connectivity index (χ1) is 34.4. The van der Waals surface area contributed by atoms with E-state index in [1.54, 1.807) is 30.3 Å². The van der Waals surface area contributed by atoms with Crippen molar-refractivity contribution < 1.29 is 53.6 Å². The largest absolute Gasteiger partial charge is 0.508 e. The van der Waals surface area contributed by atoms with Gasteiger partial charge in [-0.1, -0.05) is 63.3 Å². The number of nitrogens with two attached hydrogens (primary N) is 2. The van der Waals surface area contributed by atoms with Crippen LogP contribution in [0.1, 0.15) is 107 Å². The summed E-state index contributed by atoms with van der Waals surface area (Å²) in [5, 5.41) is 46.9. The molecular weight excluding hydrogens is 927 g/mol. The number of aliphatic hydroxyl groups excluding tert-OH is 2. The summed E-state index contributed by atoms with van der Waals surface area (Å²) in [5.41, 5.74) is 13.6. The zero-order chi connectivity index (χ0) is 52.1. The number of aryl methyl sites for hydroxylation is 1. The summed E-state index contributed by atoms with van der Waals surface area (Å²) in [6, 6.07) is 7.32. The molecule has 0 aromatic heterocycles. The molecule has 12 N–H and O–H groups in total. The summed E-state index contributed by atoms with van der Waals surface area (Å²) in [4.78, 5) is 102. The Morgan fingerprint density at radius 1 is 0.736 bits per heavy atom. The van der Waals surface area contributed by atoms with Gasteiger partial charge in [0.2, 0.25) is 35.4 Å². The number of phenols is 1. The van der Waals surface area contributed by atoms with E-state index in [2.05, 4.69) is 33.5 Å². The molecule has 20 heteroatoms. The number of hydrogen-bond donors (Lipinski definition) is 10. The van der Waals surface area contributed by atoms with Crippen LogP contribution in [0.25, 0.3) is 10.8 Å². The number of benzene rings is 3. The van der Waals surface area contributed by atoms with Crippen LogP contribution in [0.3, 0.4) is 0 Å². The Kier molecular flexibility index (Phi) is 19.7. The van der Waals surface area contributed by atoms with E-state index in [0.29, 0.717) is 17.9 Å². The number of fused-ring (bicyclic) bond motifs is 3. The van der Waals surface area contributed by atoms with Gasteiger partial charge in [0.1, 0.15) is 47.8 Å². The Labute approximate surface area is 420 Å². The van der Waals surface area contributed by atoms with Crippen LogP contribution in [0, 0.1) is 0 Å². The topological polar surface area (TPSA) is 308 Å². The molecule has 3 aliphatic heterocycles. The average Bonchev–Trinajstić information content (AvgIpc) is 3.95. The minimum atomic E-state index is -1.62. The predicted octanol–water partition coefficient (Wildman–Crippen LogP) is 0.998. The van der Waals surface area contributed by atoms with Gasteiger partial charge in [0.25, 0.3) is 5.91 Å². The van der Waals surface area contributed by atoms with E-state index in [9.17, 15) is 48.9 Å². The van der Waals surface area contributed by atoms with Crippen LogP contribution >= 0.6 is 0 Å². The summed E-state index contributed by atoms with van der Waals surface area (Å²) in [6.07, 6.45) is 4.13. The SMILES string of the molecule is CCCCCCCCOc1ccc2cc(C(=O)N[C@H]3CCCNC(=O)[C@@H]4C[C@H](N)CN4C(=O)[C@H]([C@H](C)O)NC(=O)[C@H](CCc4ccc(O)cc4)NC(=O)[C@@H]4C[C@H](N)CN4C(=O)[C@H]([C@@H](C)O)NC3=O)ccc2c1. The lowest BCUT2D eigenvalue weighted by Crippen LogP contribution is -2.61. The molecule has 0 spiro atoms. The fourth-order valence-corrected chi connectivity index (χ4v) is 9.55. The van der Waals surface area contributed by atoms with Crippen LogP contribution in [0.15, 0.2) is 60.7 Å². The zero-order valence-corrected chi connectivity index (χ0v) is 41.5. The summed E-state index contributed by atoms with van der Waals surface area (Å²) >= 11 is 0. The second kappa shape index (κ2) is 25.9. The molecule has 0 bridgehead atoms. The smallest absolute Gasteiger partial charge is 0.251 e. The first kappa shape index (κ1) is 55.0. The van der Waals surface area contributed by atoms with Crippen molar-refractivity contribution in [1.29, 1.82) is 0 Å². The third-order valence-electron chi connectivity index (χ3n) is 13.7. The second-order valence-electron chi connectivity index (χ2n) is 19.5. The number of unbranched alkanes of at least 4 members (excludes halogenated alkanes) is 5. The molecule has 72 heavy (non-hydrogen) atoms. The number of phenolic OH excluding ortho intramolecular Hbond substituents is 1. The third kappa shape index (κ3) is 14.6. The molecule has 3 fully saturated rings. The zero-order valence-electron chi connectivity index (χ0n) is 41.5. The molecule has 7 amide bonds. The third-order valence-corrected chi connectivity index (χ3v) is 13.7. The molecule has 3 aliphatic rings. The van der Waals surface area contributed by atoms with Crippen LogP contribution in [0.2, 0.25) is 0 Å². The molecule has 0 saturated carbocycles. The Morgan fingerprint density at radius 3 is 1.96 bits per heavy atom. The molecule has 3 aromatic rings. The highest BCUT2D eigenvalue weighted by Gasteiger charge is 2.45. The summed E-state index contributed by atoms with van der Waals surface area (Å²) in [7, 11) is 0. The normalized spacial score (nSPS) is 25.8. The van der Waals surface area contributed by atoms with Crippen molar-refractivity contribution >= 4 is 52.1 Å². The molecule has 3 saturated heterocycles.